The van der Waals surface area contributed by atoms with Crippen LogP contribution < -0.4 is 10.6 Å². The van der Waals surface area contributed by atoms with Crippen molar-refractivity contribution in [2.75, 3.05) is 20.6 Å². The van der Waals surface area contributed by atoms with Gasteiger partial charge in [0.05, 0.1) is 5.92 Å². The van der Waals surface area contributed by atoms with E-state index < -0.39 is 5.92 Å². The van der Waals surface area contributed by atoms with E-state index in [1.54, 1.807) is 7.05 Å². The summed E-state index contributed by atoms with van der Waals surface area (Å²) in [5.74, 6) is 1.41. The smallest absolute Gasteiger partial charge is 0.245 e. The normalized spacial score (nSPS) is 13.6. The third-order valence-corrected chi connectivity index (χ3v) is 3.33. The predicted octanol–water partition coefficient (Wildman–Crippen LogP) is 1.39. The topological polar surface area (TPSA) is 70.6 Å². The van der Waals surface area contributed by atoms with Gasteiger partial charge in [0.1, 0.15) is 0 Å². The molecule has 118 valence electrons. The van der Waals surface area contributed by atoms with E-state index in [-0.39, 0.29) is 17.7 Å². The molecule has 0 rings (SSSR count). The van der Waals surface area contributed by atoms with Crippen LogP contribution >= 0.6 is 0 Å². The van der Waals surface area contributed by atoms with Crippen LogP contribution in [-0.4, -0.2) is 38.7 Å². The first kappa shape index (κ1) is 19.3. The number of unbranched alkanes of at least 4 members (excludes halogenated alkanes) is 2. The molecule has 0 heterocycles. The number of nitrogens with one attached hydrogen (secondary N) is 2. The van der Waals surface area contributed by atoms with Gasteiger partial charge in [0, 0.05) is 25.6 Å². The first-order chi connectivity index (χ1) is 10.1. The van der Waals surface area contributed by atoms with Gasteiger partial charge in [-0.05, 0) is 32.9 Å². The number of hydrogen-bond acceptors (Lipinski definition) is 3. The van der Waals surface area contributed by atoms with Crippen LogP contribution in [0.2, 0.25) is 0 Å². The fourth-order valence-corrected chi connectivity index (χ4v) is 1.98. The quantitative estimate of drug-likeness (QED) is 0.363. The highest BCUT2D eigenvalue weighted by atomic mass is 16.2. The second-order valence-electron chi connectivity index (χ2n) is 4.91. The maximum atomic E-state index is 11.8. The number of hydrogen-bond donors (Lipinski definition) is 2. The lowest BCUT2D eigenvalue weighted by atomic mass is 9.91. The van der Waals surface area contributed by atoms with E-state index in [4.69, 9.17) is 6.42 Å². The monoisotopic (exact) mass is 293 g/mol. The van der Waals surface area contributed by atoms with Crippen molar-refractivity contribution in [2.45, 2.75) is 39.0 Å². The molecule has 0 aromatic rings. The summed E-state index contributed by atoms with van der Waals surface area (Å²) < 4.78 is 0. The van der Waals surface area contributed by atoms with Crippen LogP contribution in [0.25, 0.3) is 0 Å². The minimum atomic E-state index is -0.543. The fourth-order valence-electron chi connectivity index (χ4n) is 1.98. The van der Waals surface area contributed by atoms with Crippen molar-refractivity contribution < 1.29 is 9.59 Å². The standard InChI is InChI=1S/C16H27N3O2/c1-5-13(6-2)14(16(21)18-4)12-19-15(20)10-8-7-9-11-17-3/h1,12-14,17H,6-11H2,2-4H3,(H,18,21)/b19-12+/t13-,14?/m0/s1. The molecule has 2 N–H and O–H groups in total. The number of carbonyl (C=O) groups excluding carboxylic acids is 2. The molecule has 2 atom stereocenters. The Hall–Kier alpha value is -1.67. The molecule has 0 fully saturated rings. The number of carbonyl (C=O) groups is 2. The molecular formula is C16H27N3O2. The van der Waals surface area contributed by atoms with Crippen molar-refractivity contribution in [3.05, 3.63) is 0 Å². The average molecular weight is 293 g/mol. The van der Waals surface area contributed by atoms with E-state index >= 15 is 0 Å². The number of amides is 2. The Kier molecular flexibility index (Phi) is 11.1. The van der Waals surface area contributed by atoms with Crippen molar-refractivity contribution in [3.63, 3.8) is 0 Å². The highest BCUT2D eigenvalue weighted by molar-refractivity contribution is 5.97. The van der Waals surface area contributed by atoms with E-state index in [1.807, 2.05) is 14.0 Å². The van der Waals surface area contributed by atoms with Gasteiger partial charge >= 0.3 is 0 Å². The van der Waals surface area contributed by atoms with Crippen LogP contribution in [-0.2, 0) is 9.59 Å². The number of terminal acetylenes is 1. The Morgan fingerprint density at radius 3 is 2.52 bits per heavy atom. The molecule has 0 aliphatic heterocycles. The maximum Gasteiger partial charge on any atom is 0.245 e. The van der Waals surface area contributed by atoms with Gasteiger partial charge in [0.2, 0.25) is 11.8 Å². The summed E-state index contributed by atoms with van der Waals surface area (Å²) in [5, 5.41) is 5.62. The summed E-state index contributed by atoms with van der Waals surface area (Å²) >= 11 is 0. The summed E-state index contributed by atoms with van der Waals surface area (Å²) in [6.07, 6.45) is 10.8. The highest BCUT2D eigenvalue weighted by Gasteiger charge is 2.23. The molecule has 0 saturated carbocycles. The predicted molar refractivity (Wildman–Crippen MR) is 86.1 cm³/mol. The minimum absolute atomic E-state index is 0.194. The third-order valence-electron chi connectivity index (χ3n) is 3.33. The molecular weight excluding hydrogens is 266 g/mol. The molecule has 21 heavy (non-hydrogen) atoms. The molecule has 0 aliphatic rings. The highest BCUT2D eigenvalue weighted by Crippen LogP contribution is 2.14. The molecule has 0 spiro atoms. The molecule has 0 radical (unpaired) electrons. The zero-order chi connectivity index (χ0) is 16.1. The van der Waals surface area contributed by atoms with Crippen LogP contribution in [0.4, 0.5) is 0 Å². The van der Waals surface area contributed by atoms with Gasteiger partial charge in [-0.1, -0.05) is 13.3 Å². The second-order valence-corrected chi connectivity index (χ2v) is 4.91. The fraction of sp³-hybridized carbons (Fsp3) is 0.688. The Morgan fingerprint density at radius 1 is 1.29 bits per heavy atom. The van der Waals surface area contributed by atoms with Crippen LogP contribution in [0.1, 0.15) is 39.0 Å². The van der Waals surface area contributed by atoms with Crippen molar-refractivity contribution in [1.29, 1.82) is 0 Å². The molecule has 0 aliphatic carbocycles. The van der Waals surface area contributed by atoms with E-state index in [1.165, 1.54) is 6.21 Å². The molecule has 0 aromatic heterocycles. The molecule has 0 aromatic carbocycles. The van der Waals surface area contributed by atoms with Crippen LogP contribution in [0.5, 0.6) is 0 Å². The van der Waals surface area contributed by atoms with Gasteiger partial charge in [-0.2, -0.15) is 0 Å². The minimum Gasteiger partial charge on any atom is -0.359 e. The zero-order valence-corrected chi connectivity index (χ0v) is 13.3. The van der Waals surface area contributed by atoms with E-state index in [2.05, 4.69) is 21.5 Å². The maximum absolute atomic E-state index is 11.8. The van der Waals surface area contributed by atoms with Gasteiger partial charge in [0.25, 0.3) is 0 Å². The summed E-state index contributed by atoms with van der Waals surface area (Å²) in [6, 6.07) is 0. The van der Waals surface area contributed by atoms with Crippen LogP contribution in [0, 0.1) is 24.2 Å². The van der Waals surface area contributed by atoms with Crippen LogP contribution in [0.15, 0.2) is 4.99 Å². The van der Waals surface area contributed by atoms with Gasteiger partial charge in [0.15, 0.2) is 0 Å². The average Bonchev–Trinajstić information content (AvgIpc) is 2.50. The molecule has 5 nitrogen and oxygen atoms in total. The van der Waals surface area contributed by atoms with Gasteiger partial charge in [-0.25, -0.2) is 4.99 Å². The van der Waals surface area contributed by atoms with Gasteiger partial charge in [-0.3, -0.25) is 9.59 Å². The Bertz CT molecular complexity index is 385. The van der Waals surface area contributed by atoms with Gasteiger partial charge < -0.3 is 10.6 Å². The van der Waals surface area contributed by atoms with E-state index in [0.29, 0.717) is 12.8 Å². The summed E-state index contributed by atoms with van der Waals surface area (Å²) in [4.78, 5) is 27.4. The first-order valence-corrected chi connectivity index (χ1v) is 7.50. The number of rotatable bonds is 10. The third kappa shape index (κ3) is 8.26. The van der Waals surface area contributed by atoms with Crippen molar-refractivity contribution in [2.24, 2.45) is 16.8 Å². The molecule has 0 bridgehead atoms. The van der Waals surface area contributed by atoms with Crippen molar-refractivity contribution in [1.82, 2.24) is 10.6 Å². The summed E-state index contributed by atoms with van der Waals surface area (Å²) in [7, 11) is 3.46. The lowest BCUT2D eigenvalue weighted by Gasteiger charge is -2.15. The summed E-state index contributed by atoms with van der Waals surface area (Å²) in [6.45, 7) is 2.87. The van der Waals surface area contributed by atoms with Crippen LogP contribution in [0.3, 0.4) is 0 Å². The second kappa shape index (κ2) is 12.1. The molecule has 5 heteroatoms. The SMILES string of the molecule is C#C[C@@H](CC)C(/C=N/C(=O)CCCCCNC)C(=O)NC. The number of nitrogens with zero attached hydrogens (tertiary/aromatic N) is 1. The Morgan fingerprint density at radius 2 is 2.00 bits per heavy atom. The van der Waals surface area contributed by atoms with Crippen molar-refractivity contribution in [3.8, 4) is 12.3 Å². The Labute approximate surface area is 128 Å². The first-order valence-electron chi connectivity index (χ1n) is 7.50. The summed E-state index contributed by atoms with van der Waals surface area (Å²) in [5.41, 5.74) is 0. The lowest BCUT2D eigenvalue weighted by Crippen LogP contribution is -2.33. The zero-order valence-electron chi connectivity index (χ0n) is 13.3. The Balaban J connectivity index is 4.39. The van der Waals surface area contributed by atoms with E-state index in [9.17, 15) is 9.59 Å². The van der Waals surface area contributed by atoms with Gasteiger partial charge in [-0.15, -0.1) is 12.3 Å². The van der Waals surface area contributed by atoms with E-state index in [0.717, 1.165) is 25.8 Å². The largest absolute Gasteiger partial charge is 0.359 e. The lowest BCUT2D eigenvalue weighted by molar-refractivity contribution is -0.123. The molecule has 0 saturated heterocycles. The number of aliphatic imine (C=N–C) groups is 1. The molecule has 1 unspecified atom stereocenters. The molecule has 2 amide bonds. The van der Waals surface area contributed by atoms with Crippen molar-refractivity contribution >= 4 is 18.0 Å².